The van der Waals surface area contributed by atoms with Crippen LogP contribution in [-0.2, 0) is 25.2 Å². The Morgan fingerprint density at radius 2 is 2.00 bits per heavy atom. The minimum atomic E-state index is -1.52. The molecule has 9 nitrogen and oxygen atoms in total. The second-order valence-corrected chi connectivity index (χ2v) is 6.51. The third-order valence-electron chi connectivity index (χ3n) is 2.99. The topological polar surface area (TPSA) is 109 Å². The molecule has 1 rings (SSSR count). The fourth-order valence-electron chi connectivity index (χ4n) is 1.80. The average Bonchev–Trinajstić information content (AvgIpc) is 2.68. The van der Waals surface area contributed by atoms with Crippen molar-refractivity contribution in [1.29, 1.82) is 0 Å². The van der Waals surface area contributed by atoms with E-state index in [4.69, 9.17) is 18.5 Å². The van der Waals surface area contributed by atoms with Gasteiger partial charge in [0, 0.05) is 0 Å². The Kier molecular flexibility index (Phi) is 11.2. The summed E-state index contributed by atoms with van der Waals surface area (Å²) in [4.78, 5) is 21.4. The first-order chi connectivity index (χ1) is 13.5. The summed E-state index contributed by atoms with van der Waals surface area (Å²) in [6, 6.07) is 6.90. The Balaban J connectivity index is 2.55. The van der Waals surface area contributed by atoms with Crippen LogP contribution >= 0.6 is 8.53 Å². The van der Waals surface area contributed by atoms with Crippen molar-refractivity contribution in [3.05, 3.63) is 77.1 Å². The van der Waals surface area contributed by atoms with Gasteiger partial charge in [-0.1, -0.05) is 37.4 Å². The molecule has 28 heavy (non-hydrogen) atoms. The third-order valence-corrected chi connectivity index (χ3v) is 4.09. The van der Waals surface area contributed by atoms with Gasteiger partial charge in [0.1, 0.15) is 24.7 Å². The summed E-state index contributed by atoms with van der Waals surface area (Å²) in [6.45, 7) is 6.49. The van der Waals surface area contributed by atoms with E-state index in [0.717, 1.165) is 5.56 Å². The molecule has 0 aromatic heterocycles. The minimum absolute atomic E-state index is 0.0281. The number of nitro groups is 1. The zero-order chi connectivity index (χ0) is 20.8. The molecule has 0 heterocycles. The predicted molar refractivity (Wildman–Crippen MR) is 105 cm³/mol. The molecule has 1 unspecified atom stereocenters. The number of nitrogens with one attached hydrogen (secondary N) is 1. The molecule has 0 aliphatic heterocycles. The maximum Gasteiger partial charge on any atom is 0.344 e. The van der Waals surface area contributed by atoms with Gasteiger partial charge in [-0.05, 0) is 30.8 Å². The summed E-state index contributed by atoms with van der Waals surface area (Å²) in [7, 11) is 0.141. The molecular weight excluding hydrogens is 387 g/mol. The van der Waals surface area contributed by atoms with Crippen molar-refractivity contribution in [2.24, 2.45) is 0 Å². The lowest BCUT2D eigenvalue weighted by molar-refractivity contribution is -0.522. The number of carbonyl (C=O) groups excluding carboxylic acids is 1. The van der Waals surface area contributed by atoms with Gasteiger partial charge in [-0.3, -0.25) is 14.9 Å². The molecule has 0 bridgehead atoms. The Labute approximate surface area is 164 Å². The average molecular weight is 410 g/mol. The molecule has 0 saturated heterocycles. The minimum Gasteiger partial charge on any atom is -0.461 e. The fraction of sp³-hybridized carbons (Fsp3) is 0.278. The van der Waals surface area contributed by atoms with E-state index in [1.165, 1.54) is 18.2 Å². The first kappa shape index (κ1) is 23.3. The van der Waals surface area contributed by atoms with Crippen molar-refractivity contribution in [2.45, 2.75) is 6.42 Å². The van der Waals surface area contributed by atoms with Gasteiger partial charge in [-0.15, -0.1) is 0 Å². The van der Waals surface area contributed by atoms with Crippen LogP contribution in [-0.4, -0.2) is 37.9 Å². The summed E-state index contributed by atoms with van der Waals surface area (Å²) >= 11 is 0. The van der Waals surface area contributed by atoms with Gasteiger partial charge >= 0.3 is 21.2 Å². The zero-order valence-corrected chi connectivity index (χ0v) is 16.4. The normalized spacial score (nSPS) is 12.0. The second kappa shape index (κ2) is 13.4. The predicted octanol–water partition coefficient (Wildman–Crippen LogP) is 3.12. The van der Waals surface area contributed by atoms with Crippen LogP contribution in [0.25, 0.3) is 0 Å². The Morgan fingerprint density at radius 3 is 2.57 bits per heavy atom. The van der Waals surface area contributed by atoms with Crippen molar-refractivity contribution >= 4 is 14.5 Å². The lowest BCUT2D eigenvalue weighted by atomic mass is 10.1. The molecular formula is C18H23N2O7P. The number of allylic oxidation sites excluding steroid dienone is 2. The van der Waals surface area contributed by atoms with Gasteiger partial charge in [0.15, 0.2) is 0 Å². The summed E-state index contributed by atoms with van der Waals surface area (Å²) in [5.74, 6) is 0.446. The van der Waals surface area contributed by atoms with Crippen LogP contribution in [0, 0.1) is 10.1 Å². The van der Waals surface area contributed by atoms with Crippen LogP contribution in [0.5, 0.6) is 5.75 Å². The summed E-state index contributed by atoms with van der Waals surface area (Å²) in [5.41, 5.74) is 0.778. The SMILES string of the molecule is C=C/C=C(/COP(NC)Oc1ccc(CC(=O)OCC=C)cc1)OC[N+](=O)[O-]. The van der Waals surface area contributed by atoms with E-state index < -0.39 is 20.2 Å². The van der Waals surface area contributed by atoms with Gasteiger partial charge in [0.2, 0.25) is 0 Å². The van der Waals surface area contributed by atoms with Gasteiger partial charge in [0.25, 0.3) is 0 Å². The maximum atomic E-state index is 11.6. The van der Waals surface area contributed by atoms with E-state index in [2.05, 4.69) is 18.2 Å². The van der Waals surface area contributed by atoms with Crippen LogP contribution < -0.4 is 9.61 Å². The molecule has 10 heteroatoms. The standard InChI is InChI=1S/C18H23N2O7P/c1-4-6-17(25-14-20(22)23)13-26-28(19-3)27-16-9-7-15(8-10-16)12-18(21)24-11-5-2/h4-10,19H,1-2,11-14H2,3H3/b17-6-. The lowest BCUT2D eigenvalue weighted by Crippen LogP contribution is -2.12. The maximum absolute atomic E-state index is 11.6. The van der Waals surface area contributed by atoms with Crippen LogP contribution in [0.1, 0.15) is 5.56 Å². The van der Waals surface area contributed by atoms with Gasteiger partial charge in [-0.2, -0.15) is 0 Å². The number of rotatable bonds is 14. The van der Waals surface area contributed by atoms with E-state index in [0.29, 0.717) is 5.75 Å². The molecule has 152 valence electrons. The molecule has 1 atom stereocenters. The highest BCUT2D eigenvalue weighted by Crippen LogP contribution is 2.35. The Bertz CT molecular complexity index is 692. The molecule has 1 aromatic rings. The van der Waals surface area contributed by atoms with Crippen molar-refractivity contribution in [1.82, 2.24) is 5.09 Å². The smallest absolute Gasteiger partial charge is 0.344 e. The zero-order valence-electron chi connectivity index (χ0n) is 15.5. The Morgan fingerprint density at radius 1 is 1.29 bits per heavy atom. The van der Waals surface area contributed by atoms with Gasteiger partial charge in [-0.25, -0.2) is 5.09 Å². The number of esters is 1. The molecule has 1 N–H and O–H groups in total. The largest absolute Gasteiger partial charge is 0.461 e. The lowest BCUT2D eigenvalue weighted by Gasteiger charge is -2.17. The molecule has 0 saturated carbocycles. The highest BCUT2D eigenvalue weighted by Gasteiger charge is 2.13. The third kappa shape index (κ3) is 9.82. The number of hydrogen-bond acceptors (Lipinski definition) is 8. The quantitative estimate of drug-likeness (QED) is 0.0728. The van der Waals surface area contributed by atoms with Crippen molar-refractivity contribution < 1.29 is 28.2 Å². The number of carbonyl (C=O) groups is 1. The monoisotopic (exact) mass is 410 g/mol. The van der Waals surface area contributed by atoms with Crippen LogP contribution in [0.15, 0.2) is 61.4 Å². The highest BCUT2D eigenvalue weighted by molar-refractivity contribution is 7.45. The second-order valence-electron chi connectivity index (χ2n) is 5.11. The van der Waals surface area contributed by atoms with Crippen LogP contribution in [0.4, 0.5) is 0 Å². The van der Waals surface area contributed by atoms with Crippen molar-refractivity contribution in [3.8, 4) is 5.75 Å². The van der Waals surface area contributed by atoms with E-state index in [1.807, 2.05) is 0 Å². The molecule has 0 radical (unpaired) electrons. The van der Waals surface area contributed by atoms with Crippen molar-refractivity contribution in [2.75, 3.05) is 27.0 Å². The molecule has 0 amide bonds. The highest BCUT2D eigenvalue weighted by atomic mass is 31.2. The number of benzene rings is 1. The summed E-state index contributed by atoms with van der Waals surface area (Å²) in [5, 5.41) is 13.3. The Hall–Kier alpha value is -2.74. The fourth-order valence-corrected chi connectivity index (χ4v) is 2.63. The van der Waals surface area contributed by atoms with E-state index in [-0.39, 0.29) is 31.4 Å². The molecule has 0 spiro atoms. The summed E-state index contributed by atoms with van der Waals surface area (Å²) < 4.78 is 21.2. The first-order valence-corrected chi connectivity index (χ1v) is 9.36. The first-order valence-electron chi connectivity index (χ1n) is 8.18. The van der Waals surface area contributed by atoms with Gasteiger partial charge in [0.05, 0.1) is 11.3 Å². The number of nitrogens with zero attached hydrogens (tertiary/aromatic N) is 1. The molecule has 0 aliphatic rings. The van der Waals surface area contributed by atoms with Crippen molar-refractivity contribution in [3.63, 3.8) is 0 Å². The molecule has 0 aliphatic carbocycles. The van der Waals surface area contributed by atoms with E-state index in [1.54, 1.807) is 31.3 Å². The number of ether oxygens (including phenoxy) is 2. The van der Waals surface area contributed by atoms with Gasteiger partial charge < -0.3 is 18.5 Å². The van der Waals surface area contributed by atoms with Crippen LogP contribution in [0.3, 0.4) is 0 Å². The molecule has 1 aromatic carbocycles. The number of hydrogen-bond donors (Lipinski definition) is 1. The van der Waals surface area contributed by atoms with Crippen LogP contribution in [0.2, 0.25) is 0 Å². The summed E-state index contributed by atoms with van der Waals surface area (Å²) in [6.07, 6.45) is 4.58. The van der Waals surface area contributed by atoms with E-state index in [9.17, 15) is 14.9 Å². The molecule has 0 fully saturated rings. The van der Waals surface area contributed by atoms with E-state index >= 15 is 0 Å².